The molecule has 10 heteroatoms. The predicted molar refractivity (Wildman–Crippen MR) is 170 cm³/mol. The van der Waals surface area contributed by atoms with Gasteiger partial charge < -0.3 is 23.6 Å². The lowest BCUT2D eigenvalue weighted by Crippen LogP contribution is -2.73. The van der Waals surface area contributed by atoms with Gasteiger partial charge in [-0.15, -0.1) is 0 Å². The number of hydrogen-bond acceptors (Lipinski definition) is 6. The van der Waals surface area contributed by atoms with Crippen LogP contribution in [0.3, 0.4) is 0 Å². The number of nitrogens with zero attached hydrogens (tertiary/aromatic N) is 5. The Hall–Kier alpha value is -4.45. The molecule has 1 aromatic carbocycles. The minimum absolute atomic E-state index is 0.0207. The third-order valence-corrected chi connectivity index (χ3v) is 8.90. The average Bonchev–Trinajstić information content (AvgIpc) is 3.03. The number of hydrogen-bond donors (Lipinski definition) is 0. The number of rotatable bonds is 1. The Morgan fingerprint density at radius 1 is 0.756 bits per heavy atom. The van der Waals surface area contributed by atoms with Gasteiger partial charge in [-0.25, -0.2) is 4.98 Å². The van der Waals surface area contributed by atoms with E-state index >= 15 is 0 Å². The minimum Gasteiger partial charge on any atom is -0.438 e. The van der Waals surface area contributed by atoms with Crippen molar-refractivity contribution in [1.82, 2.24) is 23.9 Å². The molecule has 0 unspecified atom stereocenters. The van der Waals surface area contributed by atoms with Crippen molar-refractivity contribution in [2.24, 2.45) is 0 Å². The standard InChI is InChI=1S/C31H29B4N5O/c1-24-12-13-26-29(41-30-27(31(26,2)3)11-10-19-36-30)28(24)25-14-18-35-39-22-8-5-16-33(39)37-20-7-4-15-32(37)38-21-9-6-17-34(38)40(35)23-25/h4-23H,1-3H3/i1D3. The minimum atomic E-state index is -2.35. The van der Waals surface area contributed by atoms with Crippen molar-refractivity contribution in [3.63, 3.8) is 0 Å². The van der Waals surface area contributed by atoms with Crippen LogP contribution in [0.15, 0.2) is 122 Å². The van der Waals surface area contributed by atoms with Gasteiger partial charge in [0.1, 0.15) is 5.75 Å². The molecule has 0 N–H and O–H groups in total. The number of aryl methyl sites for hydroxylation is 1. The van der Waals surface area contributed by atoms with Crippen molar-refractivity contribution in [2.45, 2.75) is 26.1 Å². The molecule has 0 amide bonds. The maximum atomic E-state index is 8.53. The Kier molecular flexibility index (Phi) is 4.70. The van der Waals surface area contributed by atoms with Gasteiger partial charge in [-0.2, -0.15) is 0 Å². The largest absolute Gasteiger partial charge is 0.438 e. The molecule has 0 saturated carbocycles. The van der Waals surface area contributed by atoms with Crippen LogP contribution in [0.5, 0.6) is 11.6 Å². The van der Waals surface area contributed by atoms with Gasteiger partial charge in [0.25, 0.3) is 0 Å². The highest BCUT2D eigenvalue weighted by atomic mass is 16.5. The van der Waals surface area contributed by atoms with Crippen LogP contribution in [0.1, 0.15) is 40.2 Å². The van der Waals surface area contributed by atoms with Gasteiger partial charge >= 0.3 is 27.9 Å². The zero-order valence-electron chi connectivity index (χ0n) is 26.0. The molecule has 0 atom stereocenters. The number of benzene rings is 1. The van der Waals surface area contributed by atoms with Crippen LogP contribution < -0.4 is 4.74 Å². The van der Waals surface area contributed by atoms with Crippen molar-refractivity contribution in [2.75, 3.05) is 0 Å². The first-order valence-electron chi connectivity index (χ1n) is 15.6. The van der Waals surface area contributed by atoms with Crippen molar-refractivity contribution in [3.8, 4) is 11.6 Å². The lowest BCUT2D eigenvalue weighted by molar-refractivity contribution is 0.400. The van der Waals surface area contributed by atoms with Gasteiger partial charge in [0.05, 0.1) is 0 Å². The number of aromatic nitrogens is 1. The molecule has 6 aliphatic heterocycles. The lowest BCUT2D eigenvalue weighted by atomic mass is 9.41. The summed E-state index contributed by atoms with van der Waals surface area (Å²) in [6.07, 6.45) is 24.8. The summed E-state index contributed by atoms with van der Waals surface area (Å²) in [4.78, 5) is 4.55. The van der Waals surface area contributed by atoms with Crippen LogP contribution in [-0.4, -0.2) is 51.8 Å². The summed E-state index contributed by atoms with van der Waals surface area (Å²) in [5.41, 5.74) is 3.10. The fourth-order valence-corrected chi connectivity index (χ4v) is 6.85. The molecule has 1 fully saturated rings. The molecule has 2 aromatic rings. The van der Waals surface area contributed by atoms with Gasteiger partial charge in [0, 0.05) is 32.4 Å². The highest BCUT2D eigenvalue weighted by Gasteiger charge is 2.50. The van der Waals surface area contributed by atoms with Crippen LogP contribution >= 0.6 is 0 Å². The molecule has 1 aromatic heterocycles. The Labute approximate surface area is 247 Å². The fraction of sp³-hybridized carbons (Fsp3) is 0.129. The molecule has 0 radical (unpaired) electrons. The van der Waals surface area contributed by atoms with E-state index in [1.54, 1.807) is 12.3 Å². The number of ether oxygens (including phenoxy) is 1. The van der Waals surface area contributed by atoms with E-state index in [0.29, 0.717) is 17.2 Å². The SMILES string of the molecule is [2H]C([2H])([2H])c1ccc2c(c1C1=CN3B4C=CC=CN4B4C=CC=CN4B4C=CC=CN4B3C=C1)Oc1ncccc1C2(C)C. The fourth-order valence-electron chi connectivity index (χ4n) is 6.85. The summed E-state index contributed by atoms with van der Waals surface area (Å²) in [5, 5.41) is 0. The molecular formula is C31H29B4N5O. The third-order valence-electron chi connectivity index (χ3n) is 8.90. The molecule has 0 bridgehead atoms. The second-order valence-electron chi connectivity index (χ2n) is 11.5. The highest BCUT2D eigenvalue weighted by Crippen LogP contribution is 2.50. The molecule has 0 aliphatic carbocycles. The summed E-state index contributed by atoms with van der Waals surface area (Å²) in [6, 6.07) is 7.60. The molecule has 1 saturated heterocycles. The Balaban J connectivity index is 1.32. The van der Waals surface area contributed by atoms with Crippen molar-refractivity contribution < 1.29 is 8.85 Å². The monoisotopic (exact) mass is 534 g/mol. The number of fused-ring (bicyclic) bond motifs is 10. The summed E-state index contributed by atoms with van der Waals surface area (Å²) in [7, 11) is 0. The molecule has 6 aliphatic rings. The van der Waals surface area contributed by atoms with Gasteiger partial charge in [-0.05, 0) is 67.1 Å². The van der Waals surface area contributed by atoms with E-state index in [1.165, 1.54) is 0 Å². The Morgan fingerprint density at radius 3 is 2.05 bits per heavy atom. The van der Waals surface area contributed by atoms with E-state index in [-0.39, 0.29) is 33.5 Å². The van der Waals surface area contributed by atoms with E-state index in [4.69, 9.17) is 8.85 Å². The van der Waals surface area contributed by atoms with Gasteiger partial charge in [0.15, 0.2) is 0 Å². The smallest absolute Gasteiger partial charge is 0.380 e. The summed E-state index contributed by atoms with van der Waals surface area (Å²) < 4.78 is 41.5. The zero-order chi connectivity index (χ0) is 30.2. The molecule has 0 spiro atoms. The van der Waals surface area contributed by atoms with Crippen LogP contribution in [0, 0.1) is 6.85 Å². The Bertz CT molecular complexity index is 1770. The molecule has 6 nitrogen and oxygen atoms in total. The van der Waals surface area contributed by atoms with E-state index < -0.39 is 12.3 Å². The van der Waals surface area contributed by atoms with Crippen LogP contribution in [0.4, 0.5) is 0 Å². The lowest BCUT2D eigenvalue weighted by Gasteiger charge is -2.53. The number of allylic oxidation sites excluding steroid dienone is 8. The maximum absolute atomic E-state index is 8.53. The second kappa shape index (κ2) is 9.03. The van der Waals surface area contributed by atoms with Gasteiger partial charge in [-0.1, -0.05) is 80.3 Å². The maximum Gasteiger partial charge on any atom is 0.380 e. The van der Waals surface area contributed by atoms with Crippen LogP contribution in [-0.2, 0) is 5.41 Å². The van der Waals surface area contributed by atoms with Gasteiger partial charge in [0.2, 0.25) is 5.88 Å². The first-order chi connectivity index (χ1) is 21.2. The molecule has 8 rings (SSSR count). The van der Waals surface area contributed by atoms with E-state index in [1.807, 2.05) is 18.2 Å². The highest BCUT2D eigenvalue weighted by molar-refractivity contribution is 6.92. The van der Waals surface area contributed by atoms with E-state index in [9.17, 15) is 0 Å². The summed E-state index contributed by atoms with van der Waals surface area (Å²) in [5.74, 6) is 9.86. The molecule has 7 heterocycles. The topological polar surface area (TPSA) is 35.1 Å². The van der Waals surface area contributed by atoms with Crippen molar-refractivity contribution in [3.05, 3.63) is 144 Å². The molecule has 196 valence electrons. The molecule has 41 heavy (non-hydrogen) atoms. The second-order valence-corrected chi connectivity index (χ2v) is 11.5. The van der Waals surface area contributed by atoms with Crippen LogP contribution in [0.2, 0.25) is 0 Å². The predicted octanol–water partition coefficient (Wildman–Crippen LogP) is 5.31. The Morgan fingerprint density at radius 2 is 1.39 bits per heavy atom. The van der Waals surface area contributed by atoms with Crippen molar-refractivity contribution >= 4 is 33.5 Å². The summed E-state index contributed by atoms with van der Waals surface area (Å²) in [6.45, 7) is 1.61. The van der Waals surface area contributed by atoms with Gasteiger partial charge in [-0.3, -0.25) is 0 Å². The average molecular weight is 534 g/mol. The first kappa shape index (κ1) is 21.3. The molecular weight excluding hydrogens is 502 g/mol. The quantitative estimate of drug-likeness (QED) is 0.462. The zero-order valence-corrected chi connectivity index (χ0v) is 23.0. The normalized spacial score (nSPS) is 21.9. The first-order valence-corrected chi connectivity index (χ1v) is 14.1. The summed E-state index contributed by atoms with van der Waals surface area (Å²) >= 11 is 0. The van der Waals surface area contributed by atoms with Crippen molar-refractivity contribution in [1.29, 1.82) is 0 Å². The van der Waals surface area contributed by atoms with E-state index in [0.717, 1.165) is 16.7 Å². The number of pyridine rings is 1. The third kappa shape index (κ3) is 3.59. The van der Waals surface area contributed by atoms with Crippen LogP contribution in [0.25, 0.3) is 5.57 Å². The van der Waals surface area contributed by atoms with E-state index in [2.05, 4.69) is 129 Å².